The zero-order chi connectivity index (χ0) is 19.6. The molecule has 1 saturated heterocycles. The number of ether oxygens (including phenoxy) is 1. The van der Waals surface area contributed by atoms with E-state index in [0.29, 0.717) is 18.7 Å². The molecule has 0 aliphatic carbocycles. The van der Waals surface area contributed by atoms with Crippen molar-refractivity contribution in [3.05, 3.63) is 47.5 Å². The lowest BCUT2D eigenvalue weighted by Crippen LogP contribution is -2.32. The maximum absolute atomic E-state index is 14.2. The third kappa shape index (κ3) is 4.23. The summed E-state index contributed by atoms with van der Waals surface area (Å²) >= 11 is 0. The molecule has 6 nitrogen and oxygen atoms in total. The Hall–Kier alpha value is -1.77. The van der Waals surface area contributed by atoms with E-state index < -0.39 is 15.1 Å². The summed E-state index contributed by atoms with van der Waals surface area (Å²) in [5, 5.41) is -0.611. The largest absolute Gasteiger partial charge is 0.380 e. The van der Waals surface area contributed by atoms with Crippen molar-refractivity contribution >= 4 is 9.84 Å². The maximum Gasteiger partial charge on any atom is 0.228 e. The first-order chi connectivity index (χ1) is 12.8. The molecule has 148 valence electrons. The van der Waals surface area contributed by atoms with Crippen LogP contribution < -0.4 is 0 Å². The number of benzene rings is 1. The summed E-state index contributed by atoms with van der Waals surface area (Å²) in [6.45, 7) is 5.28. The Morgan fingerprint density at radius 3 is 2.74 bits per heavy atom. The van der Waals surface area contributed by atoms with Crippen LogP contribution in [-0.2, 0) is 27.7 Å². The van der Waals surface area contributed by atoms with Crippen LogP contribution in [0.25, 0.3) is 0 Å². The molecule has 1 aromatic heterocycles. The van der Waals surface area contributed by atoms with Gasteiger partial charge < -0.3 is 9.30 Å². The highest BCUT2D eigenvalue weighted by molar-refractivity contribution is 7.91. The Balaban J connectivity index is 1.98. The van der Waals surface area contributed by atoms with Gasteiger partial charge in [0.1, 0.15) is 5.82 Å². The number of hydrogen-bond donors (Lipinski definition) is 0. The lowest BCUT2D eigenvalue weighted by Gasteiger charge is -2.23. The van der Waals surface area contributed by atoms with Gasteiger partial charge >= 0.3 is 0 Å². The predicted molar refractivity (Wildman–Crippen MR) is 101 cm³/mol. The molecule has 0 amide bonds. The van der Waals surface area contributed by atoms with Gasteiger partial charge in [0.05, 0.1) is 30.3 Å². The van der Waals surface area contributed by atoms with Crippen LogP contribution in [0.15, 0.2) is 35.6 Å². The summed E-state index contributed by atoms with van der Waals surface area (Å²) in [7, 11) is -1.61. The number of imidazole rings is 1. The molecule has 0 saturated carbocycles. The standard InChI is InChI=1S/C19H26FN3O3S/c1-14(2)27(24,25)19-21-10-17(12-22(3)16-8-9-26-13-16)23(19)11-15-6-4-5-7-18(15)20/h4-7,10,14,16H,8-9,11-13H2,1-3H3/t16-/m0/s1. The molecule has 0 bridgehead atoms. The average molecular weight is 396 g/mol. The number of rotatable bonds is 7. The molecule has 0 spiro atoms. The van der Waals surface area contributed by atoms with E-state index in [9.17, 15) is 12.8 Å². The number of likely N-dealkylation sites (N-methyl/N-ethyl adjacent to an activating group) is 1. The smallest absolute Gasteiger partial charge is 0.228 e. The molecule has 2 heterocycles. The van der Waals surface area contributed by atoms with Crippen molar-refractivity contribution < 1.29 is 17.5 Å². The van der Waals surface area contributed by atoms with Gasteiger partial charge in [-0.3, -0.25) is 4.90 Å². The van der Waals surface area contributed by atoms with E-state index in [2.05, 4.69) is 9.88 Å². The molecule has 0 unspecified atom stereocenters. The third-order valence-electron chi connectivity index (χ3n) is 5.00. The number of aromatic nitrogens is 2. The summed E-state index contributed by atoms with van der Waals surface area (Å²) in [6.07, 6.45) is 2.53. The molecule has 1 aliphatic rings. The Bertz CT molecular complexity index is 889. The van der Waals surface area contributed by atoms with Crippen LogP contribution in [0.2, 0.25) is 0 Å². The molecular weight excluding hydrogens is 369 g/mol. The molecule has 1 aromatic carbocycles. The molecule has 1 fully saturated rings. The van der Waals surface area contributed by atoms with Crippen molar-refractivity contribution in [2.24, 2.45) is 0 Å². The van der Waals surface area contributed by atoms with Crippen molar-refractivity contribution in [3.8, 4) is 0 Å². The van der Waals surface area contributed by atoms with Crippen LogP contribution in [0.5, 0.6) is 0 Å². The molecule has 1 aliphatic heterocycles. The second kappa shape index (κ2) is 8.08. The summed E-state index contributed by atoms with van der Waals surface area (Å²) in [5.41, 5.74) is 1.18. The van der Waals surface area contributed by atoms with Crippen molar-refractivity contribution in [1.29, 1.82) is 0 Å². The summed E-state index contributed by atoms with van der Waals surface area (Å²) in [6, 6.07) is 6.69. The van der Waals surface area contributed by atoms with Crippen LogP contribution in [0, 0.1) is 5.82 Å². The van der Waals surface area contributed by atoms with Gasteiger partial charge in [0.25, 0.3) is 0 Å². The summed E-state index contributed by atoms with van der Waals surface area (Å²) < 4.78 is 46.8. The van der Waals surface area contributed by atoms with E-state index in [1.54, 1.807) is 42.8 Å². The summed E-state index contributed by atoms with van der Waals surface area (Å²) in [4.78, 5) is 6.34. The van der Waals surface area contributed by atoms with Crippen molar-refractivity contribution in [2.45, 2.75) is 49.8 Å². The van der Waals surface area contributed by atoms with Gasteiger partial charge in [-0.15, -0.1) is 0 Å². The van der Waals surface area contributed by atoms with E-state index in [-0.39, 0.29) is 23.6 Å². The molecule has 0 N–H and O–H groups in total. The van der Waals surface area contributed by atoms with E-state index in [1.165, 1.54) is 6.07 Å². The van der Waals surface area contributed by atoms with Gasteiger partial charge in [0, 0.05) is 24.8 Å². The van der Waals surface area contributed by atoms with Crippen molar-refractivity contribution in [1.82, 2.24) is 14.5 Å². The number of sulfone groups is 1. The van der Waals surface area contributed by atoms with Gasteiger partial charge in [-0.2, -0.15) is 0 Å². The van der Waals surface area contributed by atoms with E-state index >= 15 is 0 Å². The van der Waals surface area contributed by atoms with Crippen LogP contribution in [-0.4, -0.2) is 54.4 Å². The topological polar surface area (TPSA) is 64.4 Å². The quantitative estimate of drug-likeness (QED) is 0.721. The molecular formula is C19H26FN3O3S. The van der Waals surface area contributed by atoms with Crippen LogP contribution in [0.4, 0.5) is 4.39 Å². The zero-order valence-electron chi connectivity index (χ0n) is 15.9. The highest BCUT2D eigenvalue weighted by Crippen LogP contribution is 2.22. The Kier molecular flexibility index (Phi) is 5.98. The molecule has 27 heavy (non-hydrogen) atoms. The first kappa shape index (κ1) is 20.0. The SMILES string of the molecule is CC(C)S(=O)(=O)c1ncc(CN(C)[C@H]2CCOC2)n1Cc1ccccc1F. The maximum atomic E-state index is 14.2. The minimum Gasteiger partial charge on any atom is -0.380 e. The van der Waals surface area contributed by atoms with Crippen molar-refractivity contribution in [3.63, 3.8) is 0 Å². The number of halogens is 1. The van der Waals surface area contributed by atoms with Gasteiger partial charge in [0.2, 0.25) is 15.0 Å². The Morgan fingerprint density at radius 2 is 2.11 bits per heavy atom. The fourth-order valence-corrected chi connectivity index (χ4v) is 4.29. The first-order valence-corrected chi connectivity index (χ1v) is 10.6. The molecule has 8 heteroatoms. The van der Waals surface area contributed by atoms with Crippen LogP contribution in [0.3, 0.4) is 0 Å². The molecule has 3 rings (SSSR count). The van der Waals surface area contributed by atoms with Gasteiger partial charge in [-0.1, -0.05) is 18.2 Å². The van der Waals surface area contributed by atoms with Gasteiger partial charge in [-0.05, 0) is 33.4 Å². The first-order valence-electron chi connectivity index (χ1n) is 9.10. The Labute approximate surface area is 159 Å². The average Bonchev–Trinajstić information content (AvgIpc) is 3.27. The number of nitrogens with zero attached hydrogens (tertiary/aromatic N) is 3. The van der Waals surface area contributed by atoms with Crippen LogP contribution in [0.1, 0.15) is 31.5 Å². The van der Waals surface area contributed by atoms with Crippen LogP contribution >= 0.6 is 0 Å². The molecule has 2 aromatic rings. The predicted octanol–water partition coefficient (Wildman–Crippen LogP) is 2.47. The lowest BCUT2D eigenvalue weighted by atomic mass is 10.2. The number of hydrogen-bond acceptors (Lipinski definition) is 5. The second-order valence-corrected chi connectivity index (χ2v) is 9.63. The monoisotopic (exact) mass is 395 g/mol. The fourth-order valence-electron chi connectivity index (χ4n) is 3.18. The summed E-state index contributed by atoms with van der Waals surface area (Å²) in [5.74, 6) is -0.359. The lowest BCUT2D eigenvalue weighted by molar-refractivity contribution is 0.155. The van der Waals surface area contributed by atoms with Gasteiger partial charge in [-0.25, -0.2) is 17.8 Å². The fraction of sp³-hybridized carbons (Fsp3) is 0.526. The minimum atomic E-state index is -3.59. The normalized spacial score (nSPS) is 17.9. The molecule has 0 radical (unpaired) electrons. The Morgan fingerprint density at radius 1 is 1.37 bits per heavy atom. The highest BCUT2D eigenvalue weighted by atomic mass is 32.2. The van der Waals surface area contributed by atoms with E-state index in [0.717, 1.165) is 18.7 Å². The minimum absolute atomic E-state index is 0.00757. The second-order valence-electron chi connectivity index (χ2n) is 7.24. The highest BCUT2D eigenvalue weighted by Gasteiger charge is 2.28. The van der Waals surface area contributed by atoms with Crippen molar-refractivity contribution in [2.75, 3.05) is 20.3 Å². The van der Waals surface area contributed by atoms with E-state index in [1.807, 2.05) is 7.05 Å². The zero-order valence-corrected chi connectivity index (χ0v) is 16.7. The molecule has 1 atom stereocenters. The van der Waals surface area contributed by atoms with Gasteiger partial charge in [0.15, 0.2) is 0 Å². The van der Waals surface area contributed by atoms with E-state index in [4.69, 9.17) is 4.74 Å². The third-order valence-corrected chi connectivity index (χ3v) is 7.08.